The topological polar surface area (TPSA) is 21.3 Å². The first-order valence-corrected chi connectivity index (χ1v) is 7.76. The summed E-state index contributed by atoms with van der Waals surface area (Å²) in [6.45, 7) is 10.9. The van der Waals surface area contributed by atoms with E-state index >= 15 is 0 Å². The van der Waals surface area contributed by atoms with Crippen LogP contribution in [0.2, 0.25) is 0 Å². The van der Waals surface area contributed by atoms with E-state index in [1.807, 2.05) is 11.3 Å². The van der Waals surface area contributed by atoms with Crippen molar-refractivity contribution in [2.24, 2.45) is 5.41 Å². The third-order valence-corrected chi connectivity index (χ3v) is 4.99. The molecule has 1 fully saturated rings. The zero-order chi connectivity index (χ0) is 13.2. The Morgan fingerprint density at radius 2 is 2.17 bits per heavy atom. The number of ether oxygens (including phenoxy) is 1. The van der Waals surface area contributed by atoms with E-state index in [0.29, 0.717) is 11.5 Å². The second kappa shape index (κ2) is 5.72. The minimum Gasteiger partial charge on any atom is -0.371 e. The molecule has 2 nitrogen and oxygen atoms in total. The Bertz CT molecular complexity index is 380. The van der Waals surface area contributed by atoms with Gasteiger partial charge in [0.25, 0.3) is 0 Å². The Labute approximate surface area is 115 Å². The van der Waals surface area contributed by atoms with E-state index in [-0.39, 0.29) is 6.10 Å². The first kappa shape index (κ1) is 14.0. The van der Waals surface area contributed by atoms with Gasteiger partial charge >= 0.3 is 0 Å². The highest BCUT2D eigenvalue weighted by Crippen LogP contribution is 2.30. The first-order valence-electron chi connectivity index (χ1n) is 6.94. The summed E-state index contributed by atoms with van der Waals surface area (Å²) in [5, 5.41) is 3.68. The van der Waals surface area contributed by atoms with Crippen molar-refractivity contribution >= 4 is 11.3 Å². The van der Waals surface area contributed by atoms with Gasteiger partial charge in [0.15, 0.2) is 0 Å². The van der Waals surface area contributed by atoms with Gasteiger partial charge in [-0.05, 0) is 30.4 Å². The summed E-state index contributed by atoms with van der Waals surface area (Å²) in [6, 6.07) is 5.01. The third-order valence-electron chi connectivity index (χ3n) is 3.67. The van der Waals surface area contributed by atoms with Crippen LogP contribution in [0, 0.1) is 5.41 Å². The van der Waals surface area contributed by atoms with Crippen LogP contribution >= 0.6 is 11.3 Å². The fraction of sp³-hybridized carbons (Fsp3) is 0.733. The summed E-state index contributed by atoms with van der Waals surface area (Å²) in [5.74, 6) is 0. The Kier molecular flexibility index (Phi) is 4.46. The Balaban J connectivity index is 2.00. The Morgan fingerprint density at radius 3 is 2.78 bits per heavy atom. The molecule has 1 N–H and O–H groups in total. The molecule has 102 valence electrons. The number of aryl methyl sites for hydroxylation is 1. The van der Waals surface area contributed by atoms with Gasteiger partial charge in [-0.3, -0.25) is 0 Å². The number of hydrogen-bond acceptors (Lipinski definition) is 3. The summed E-state index contributed by atoms with van der Waals surface area (Å²) >= 11 is 1.89. The fourth-order valence-electron chi connectivity index (χ4n) is 2.42. The van der Waals surface area contributed by atoms with Crippen LogP contribution in [0.25, 0.3) is 0 Å². The Morgan fingerprint density at radius 1 is 1.39 bits per heavy atom. The van der Waals surface area contributed by atoms with Crippen LogP contribution in [0.1, 0.15) is 50.0 Å². The van der Waals surface area contributed by atoms with Crippen molar-refractivity contribution in [1.29, 1.82) is 0 Å². The van der Waals surface area contributed by atoms with Gasteiger partial charge in [-0.25, -0.2) is 0 Å². The summed E-state index contributed by atoms with van der Waals surface area (Å²) in [4.78, 5) is 2.82. The van der Waals surface area contributed by atoms with E-state index < -0.39 is 0 Å². The van der Waals surface area contributed by atoms with Crippen molar-refractivity contribution in [2.75, 3.05) is 13.2 Å². The molecule has 0 saturated carbocycles. The van der Waals surface area contributed by atoms with E-state index in [4.69, 9.17) is 4.74 Å². The van der Waals surface area contributed by atoms with E-state index in [1.165, 1.54) is 9.75 Å². The quantitative estimate of drug-likeness (QED) is 0.880. The zero-order valence-corrected chi connectivity index (χ0v) is 12.8. The van der Waals surface area contributed by atoms with Crippen LogP contribution in [0.5, 0.6) is 0 Å². The maximum atomic E-state index is 6.02. The molecule has 0 spiro atoms. The van der Waals surface area contributed by atoms with Crippen molar-refractivity contribution in [2.45, 2.75) is 52.7 Å². The third kappa shape index (κ3) is 3.34. The highest BCUT2D eigenvalue weighted by Gasteiger charge is 2.28. The molecular formula is C15H25NOS. The van der Waals surface area contributed by atoms with E-state index in [2.05, 4.69) is 45.1 Å². The highest BCUT2D eigenvalue weighted by molar-refractivity contribution is 7.12. The Hall–Kier alpha value is -0.380. The van der Waals surface area contributed by atoms with Gasteiger partial charge < -0.3 is 10.1 Å². The average Bonchev–Trinajstić information content (AvgIpc) is 2.64. The predicted octanol–water partition coefficient (Wildman–Crippen LogP) is 3.78. The van der Waals surface area contributed by atoms with Crippen LogP contribution in [0.15, 0.2) is 12.1 Å². The van der Waals surface area contributed by atoms with Gasteiger partial charge in [0.05, 0.1) is 0 Å². The second-order valence-corrected chi connectivity index (χ2v) is 7.33. The molecule has 2 atom stereocenters. The molecule has 2 unspecified atom stereocenters. The molecule has 0 aliphatic carbocycles. The molecule has 2 rings (SSSR count). The van der Waals surface area contributed by atoms with Crippen molar-refractivity contribution in [3.8, 4) is 0 Å². The first-order chi connectivity index (χ1) is 8.50. The lowest BCUT2D eigenvalue weighted by Gasteiger charge is -2.30. The smallest absolute Gasteiger partial charge is 0.104 e. The summed E-state index contributed by atoms with van der Waals surface area (Å²) in [7, 11) is 0. The van der Waals surface area contributed by atoms with Gasteiger partial charge in [-0.1, -0.05) is 27.7 Å². The lowest BCUT2D eigenvalue weighted by atomic mass is 9.85. The van der Waals surface area contributed by atoms with Gasteiger partial charge in [0, 0.05) is 28.9 Å². The van der Waals surface area contributed by atoms with Gasteiger partial charge in [-0.2, -0.15) is 0 Å². The van der Waals surface area contributed by atoms with Crippen molar-refractivity contribution in [1.82, 2.24) is 5.32 Å². The number of rotatable bonds is 2. The zero-order valence-electron chi connectivity index (χ0n) is 12.0. The minimum absolute atomic E-state index is 0.239. The van der Waals surface area contributed by atoms with Crippen molar-refractivity contribution in [3.05, 3.63) is 21.9 Å². The van der Waals surface area contributed by atoms with E-state index in [1.54, 1.807) is 0 Å². The van der Waals surface area contributed by atoms with Crippen LogP contribution < -0.4 is 5.32 Å². The normalized spacial score (nSPS) is 26.0. The molecule has 1 aromatic heterocycles. The lowest BCUT2D eigenvalue weighted by molar-refractivity contribution is 0.0678. The molecule has 0 amide bonds. The highest BCUT2D eigenvalue weighted by atomic mass is 32.1. The van der Waals surface area contributed by atoms with Crippen molar-refractivity contribution < 1.29 is 4.74 Å². The molecule has 0 aromatic carbocycles. The maximum Gasteiger partial charge on any atom is 0.104 e. The average molecular weight is 267 g/mol. The van der Waals surface area contributed by atoms with Gasteiger partial charge in [0.2, 0.25) is 0 Å². The standard InChI is InChI=1S/C15H25NOS/c1-5-11-6-7-13(18-11)12-10-16-14(8-9-17-12)15(2,3)4/h6-7,12,14,16H,5,8-10H2,1-4H3. The van der Waals surface area contributed by atoms with Crippen LogP contribution in [0.3, 0.4) is 0 Å². The predicted molar refractivity (Wildman–Crippen MR) is 78.3 cm³/mol. The van der Waals surface area contributed by atoms with Crippen LogP contribution in [-0.4, -0.2) is 19.2 Å². The second-order valence-electron chi connectivity index (χ2n) is 6.13. The number of nitrogens with one attached hydrogen (secondary N) is 1. The maximum absolute atomic E-state index is 6.02. The van der Waals surface area contributed by atoms with E-state index in [0.717, 1.165) is 26.0 Å². The lowest BCUT2D eigenvalue weighted by Crippen LogP contribution is -2.40. The molecule has 0 radical (unpaired) electrons. The summed E-state index contributed by atoms with van der Waals surface area (Å²) in [6.07, 6.45) is 2.46. The van der Waals surface area contributed by atoms with Gasteiger partial charge in [0.1, 0.15) is 6.10 Å². The molecule has 0 bridgehead atoms. The molecule has 1 aliphatic heterocycles. The minimum atomic E-state index is 0.239. The summed E-state index contributed by atoms with van der Waals surface area (Å²) < 4.78 is 6.02. The fourth-order valence-corrected chi connectivity index (χ4v) is 3.42. The largest absolute Gasteiger partial charge is 0.371 e. The van der Waals surface area contributed by atoms with Crippen LogP contribution in [-0.2, 0) is 11.2 Å². The molecule has 3 heteroatoms. The molecule has 1 saturated heterocycles. The molecule has 1 aliphatic rings. The monoisotopic (exact) mass is 267 g/mol. The SMILES string of the molecule is CCc1ccc(C2CNC(C(C)(C)C)CCO2)s1. The van der Waals surface area contributed by atoms with E-state index in [9.17, 15) is 0 Å². The molecule has 18 heavy (non-hydrogen) atoms. The molecule has 2 heterocycles. The number of thiophene rings is 1. The van der Waals surface area contributed by atoms with Crippen LogP contribution in [0.4, 0.5) is 0 Å². The molecular weight excluding hydrogens is 242 g/mol. The summed E-state index contributed by atoms with van der Waals surface area (Å²) in [5.41, 5.74) is 0.308. The van der Waals surface area contributed by atoms with Gasteiger partial charge in [-0.15, -0.1) is 11.3 Å². The number of hydrogen-bond donors (Lipinski definition) is 1. The molecule has 1 aromatic rings. The van der Waals surface area contributed by atoms with Crippen molar-refractivity contribution in [3.63, 3.8) is 0 Å².